The van der Waals surface area contributed by atoms with Crippen molar-refractivity contribution in [3.05, 3.63) is 35.4 Å². The number of aliphatic carboxylic acids is 1. The van der Waals surface area contributed by atoms with E-state index in [1.165, 1.54) is 39.2 Å². The highest BCUT2D eigenvalue weighted by atomic mass is 16.5. The summed E-state index contributed by atoms with van der Waals surface area (Å²) in [5, 5.41) is 8.80. The summed E-state index contributed by atoms with van der Waals surface area (Å²) in [5.74, 6) is -2.10. The highest BCUT2D eigenvalue weighted by Crippen LogP contribution is 2.20. The third-order valence-corrected chi connectivity index (χ3v) is 3.50. The second kappa shape index (κ2) is 6.53. The van der Waals surface area contributed by atoms with Gasteiger partial charge in [0.15, 0.2) is 6.10 Å². The molecule has 0 bridgehead atoms. The Morgan fingerprint density at radius 2 is 1.58 bits per heavy atom. The predicted octanol–water partition coefficient (Wildman–Crippen LogP) is 0.972. The lowest BCUT2D eigenvalue weighted by Gasteiger charge is -2.28. The average molecular weight is 332 g/mol. The number of carboxylic acids is 1. The number of hydrogen-bond acceptors (Lipinski definition) is 5. The first kappa shape index (κ1) is 17.2. The Morgan fingerprint density at radius 3 is 2.04 bits per heavy atom. The maximum absolute atomic E-state index is 12.1. The minimum absolute atomic E-state index is 0.132. The van der Waals surface area contributed by atoms with Gasteiger partial charge in [-0.2, -0.15) is 0 Å². The third-order valence-electron chi connectivity index (χ3n) is 3.50. The summed E-state index contributed by atoms with van der Waals surface area (Å²) < 4.78 is 5.20. The Labute approximate surface area is 137 Å². The van der Waals surface area contributed by atoms with Crippen molar-refractivity contribution in [2.75, 3.05) is 14.1 Å². The molecule has 0 saturated carbocycles. The number of likely N-dealkylation sites (N-methyl/N-ethyl adjacent to an activating group) is 2. The van der Waals surface area contributed by atoms with E-state index < -0.39 is 29.9 Å². The van der Waals surface area contributed by atoms with Crippen molar-refractivity contribution in [2.24, 2.45) is 0 Å². The SMILES string of the molecule is C[C@H](Oc1ccc(C=C2C(=O)N(C)C(=O)N(C)C2=O)cc1)C(=O)O. The zero-order chi connectivity index (χ0) is 18.0. The molecule has 1 aliphatic rings. The molecule has 1 atom stereocenters. The normalized spacial score (nSPS) is 16.3. The molecule has 126 valence electrons. The Balaban J connectivity index is 2.24. The van der Waals surface area contributed by atoms with Crippen molar-refractivity contribution in [1.29, 1.82) is 0 Å². The fourth-order valence-electron chi connectivity index (χ4n) is 2.04. The zero-order valence-electron chi connectivity index (χ0n) is 13.3. The van der Waals surface area contributed by atoms with E-state index in [0.29, 0.717) is 11.3 Å². The molecule has 24 heavy (non-hydrogen) atoms. The Kier molecular flexibility index (Phi) is 4.68. The van der Waals surface area contributed by atoms with Crippen molar-refractivity contribution in [1.82, 2.24) is 9.80 Å². The maximum Gasteiger partial charge on any atom is 0.344 e. The molecule has 1 N–H and O–H groups in total. The van der Waals surface area contributed by atoms with Crippen LogP contribution in [0, 0.1) is 0 Å². The molecule has 0 radical (unpaired) electrons. The largest absolute Gasteiger partial charge is 0.479 e. The molecule has 0 unspecified atom stereocenters. The number of carbonyl (C=O) groups excluding carboxylic acids is 3. The molecule has 1 fully saturated rings. The fraction of sp³-hybridized carbons (Fsp3) is 0.250. The smallest absolute Gasteiger partial charge is 0.344 e. The van der Waals surface area contributed by atoms with Crippen molar-refractivity contribution >= 4 is 29.9 Å². The van der Waals surface area contributed by atoms with Gasteiger partial charge in [-0.3, -0.25) is 19.4 Å². The number of carboxylic acid groups (broad SMARTS) is 1. The Hall–Kier alpha value is -3.16. The van der Waals surface area contributed by atoms with Crippen LogP contribution in [0.3, 0.4) is 0 Å². The molecule has 0 spiro atoms. The van der Waals surface area contributed by atoms with Crippen LogP contribution in [0.4, 0.5) is 4.79 Å². The van der Waals surface area contributed by atoms with Crippen LogP contribution in [-0.2, 0) is 14.4 Å². The number of carbonyl (C=O) groups is 4. The average Bonchev–Trinajstić information content (AvgIpc) is 2.56. The maximum atomic E-state index is 12.1. The summed E-state index contributed by atoms with van der Waals surface area (Å²) >= 11 is 0. The molecule has 8 heteroatoms. The van der Waals surface area contributed by atoms with Gasteiger partial charge < -0.3 is 9.84 Å². The first-order chi connectivity index (χ1) is 11.2. The number of urea groups is 1. The molecule has 1 saturated heterocycles. The van der Waals surface area contributed by atoms with Crippen LogP contribution in [0.2, 0.25) is 0 Å². The van der Waals surface area contributed by atoms with E-state index in [1.54, 1.807) is 12.1 Å². The molecule has 2 rings (SSSR count). The lowest BCUT2D eigenvalue weighted by atomic mass is 10.1. The molecule has 1 aliphatic heterocycles. The van der Waals surface area contributed by atoms with E-state index in [9.17, 15) is 19.2 Å². The monoisotopic (exact) mass is 332 g/mol. The number of ether oxygens (including phenoxy) is 1. The topological polar surface area (TPSA) is 104 Å². The molecule has 1 aromatic rings. The zero-order valence-corrected chi connectivity index (χ0v) is 13.3. The molecule has 1 aromatic carbocycles. The fourth-order valence-corrected chi connectivity index (χ4v) is 2.04. The Morgan fingerprint density at radius 1 is 1.08 bits per heavy atom. The summed E-state index contributed by atoms with van der Waals surface area (Å²) in [6, 6.07) is 5.53. The van der Waals surface area contributed by atoms with Gasteiger partial charge in [0.05, 0.1) is 0 Å². The van der Waals surface area contributed by atoms with Gasteiger partial charge >= 0.3 is 12.0 Å². The van der Waals surface area contributed by atoms with Gasteiger partial charge in [-0.1, -0.05) is 12.1 Å². The van der Waals surface area contributed by atoms with E-state index in [-0.39, 0.29) is 5.57 Å². The number of imide groups is 2. The van der Waals surface area contributed by atoms with Crippen LogP contribution < -0.4 is 4.74 Å². The third kappa shape index (κ3) is 3.27. The van der Waals surface area contributed by atoms with Gasteiger partial charge in [0, 0.05) is 14.1 Å². The van der Waals surface area contributed by atoms with Crippen LogP contribution in [-0.4, -0.2) is 58.9 Å². The number of amides is 4. The molecule has 1 heterocycles. The summed E-state index contributed by atoms with van der Waals surface area (Å²) in [4.78, 5) is 48.3. The summed E-state index contributed by atoms with van der Waals surface area (Å²) in [6.45, 7) is 1.40. The van der Waals surface area contributed by atoms with E-state index in [4.69, 9.17) is 9.84 Å². The number of barbiturate groups is 1. The van der Waals surface area contributed by atoms with Crippen LogP contribution in [0.15, 0.2) is 29.8 Å². The second-order valence-corrected chi connectivity index (χ2v) is 5.24. The summed E-state index contributed by atoms with van der Waals surface area (Å²) in [6.07, 6.45) is 0.373. The second-order valence-electron chi connectivity index (χ2n) is 5.24. The quantitative estimate of drug-likeness (QED) is 0.651. The van der Waals surface area contributed by atoms with Crippen molar-refractivity contribution < 1.29 is 29.0 Å². The lowest BCUT2D eigenvalue weighted by Crippen LogP contribution is -2.52. The molecular formula is C16H16N2O6. The van der Waals surface area contributed by atoms with Crippen molar-refractivity contribution in [3.8, 4) is 5.75 Å². The molecule has 8 nitrogen and oxygen atoms in total. The van der Waals surface area contributed by atoms with E-state index in [2.05, 4.69) is 0 Å². The van der Waals surface area contributed by atoms with Gasteiger partial charge in [-0.05, 0) is 30.7 Å². The Bertz CT molecular complexity index is 711. The van der Waals surface area contributed by atoms with Gasteiger partial charge in [0.25, 0.3) is 11.8 Å². The minimum atomic E-state index is -1.09. The van der Waals surface area contributed by atoms with Gasteiger partial charge in [-0.25, -0.2) is 9.59 Å². The van der Waals surface area contributed by atoms with Gasteiger partial charge in [-0.15, -0.1) is 0 Å². The lowest BCUT2D eigenvalue weighted by molar-refractivity contribution is -0.144. The van der Waals surface area contributed by atoms with Gasteiger partial charge in [0.2, 0.25) is 0 Å². The highest BCUT2D eigenvalue weighted by Gasteiger charge is 2.37. The standard InChI is InChI=1S/C16H16N2O6/c1-9(15(21)22)24-11-6-4-10(5-7-11)8-12-13(19)17(2)16(23)18(3)14(12)20/h4-9H,1-3H3,(H,21,22)/t9-/m0/s1. The van der Waals surface area contributed by atoms with Crippen LogP contribution in [0.5, 0.6) is 5.75 Å². The highest BCUT2D eigenvalue weighted by molar-refractivity contribution is 6.30. The van der Waals surface area contributed by atoms with Crippen LogP contribution in [0.25, 0.3) is 6.08 Å². The predicted molar refractivity (Wildman–Crippen MR) is 83.1 cm³/mol. The summed E-state index contributed by atoms with van der Waals surface area (Å²) in [7, 11) is 2.59. The number of nitrogens with zero attached hydrogens (tertiary/aromatic N) is 2. The molecular weight excluding hydrogens is 316 g/mol. The minimum Gasteiger partial charge on any atom is -0.479 e. The van der Waals surface area contributed by atoms with Gasteiger partial charge in [0.1, 0.15) is 11.3 Å². The number of benzene rings is 1. The first-order valence-electron chi connectivity index (χ1n) is 7.03. The molecule has 0 aromatic heterocycles. The number of hydrogen-bond donors (Lipinski definition) is 1. The van der Waals surface area contributed by atoms with Crippen molar-refractivity contribution in [3.63, 3.8) is 0 Å². The molecule has 0 aliphatic carbocycles. The van der Waals surface area contributed by atoms with Crippen molar-refractivity contribution in [2.45, 2.75) is 13.0 Å². The van der Waals surface area contributed by atoms with E-state index >= 15 is 0 Å². The molecule has 4 amide bonds. The summed E-state index contributed by atoms with van der Waals surface area (Å²) in [5.41, 5.74) is 0.408. The first-order valence-corrected chi connectivity index (χ1v) is 7.03. The van der Waals surface area contributed by atoms with E-state index in [0.717, 1.165) is 9.80 Å². The number of rotatable bonds is 4. The van der Waals surface area contributed by atoms with Crippen LogP contribution >= 0.6 is 0 Å². The van der Waals surface area contributed by atoms with Crippen LogP contribution in [0.1, 0.15) is 12.5 Å². The van der Waals surface area contributed by atoms with E-state index in [1.807, 2.05) is 0 Å².